The zero-order valence-corrected chi connectivity index (χ0v) is 19.1. The van der Waals surface area contributed by atoms with Gasteiger partial charge in [-0.1, -0.05) is 47.6 Å². The van der Waals surface area contributed by atoms with Gasteiger partial charge in [0.15, 0.2) is 0 Å². The Morgan fingerprint density at radius 2 is 1.59 bits per heavy atom. The average Bonchev–Trinajstić information content (AvgIpc) is 2.74. The number of nitrogens with one attached hydrogen (secondary N) is 1. The van der Waals surface area contributed by atoms with Crippen molar-refractivity contribution in [2.24, 2.45) is 5.92 Å². The number of hydrogen-bond acceptors (Lipinski definition) is 4. The first-order chi connectivity index (χ1) is 13.9. The van der Waals surface area contributed by atoms with Gasteiger partial charge < -0.3 is 10.1 Å². The molecule has 4 heteroatoms. The van der Waals surface area contributed by atoms with E-state index in [4.69, 9.17) is 9.72 Å². The molecule has 0 aliphatic rings. The number of aromatic nitrogens is 2. The predicted octanol–water partition coefficient (Wildman–Crippen LogP) is 6.80. The van der Waals surface area contributed by atoms with E-state index in [-0.39, 0.29) is 6.10 Å². The summed E-state index contributed by atoms with van der Waals surface area (Å²) in [6.45, 7) is 14.2. The van der Waals surface area contributed by atoms with Crippen LogP contribution in [0.25, 0.3) is 0 Å². The van der Waals surface area contributed by atoms with Gasteiger partial charge in [0, 0.05) is 17.9 Å². The van der Waals surface area contributed by atoms with Crippen molar-refractivity contribution in [2.45, 2.75) is 85.2 Å². The Morgan fingerprint density at radius 3 is 2.17 bits per heavy atom. The van der Waals surface area contributed by atoms with Gasteiger partial charge in [-0.3, -0.25) is 4.98 Å². The van der Waals surface area contributed by atoms with E-state index in [1.165, 1.54) is 0 Å². The van der Waals surface area contributed by atoms with Crippen molar-refractivity contribution in [2.75, 3.05) is 11.9 Å². The molecule has 29 heavy (non-hydrogen) atoms. The number of ether oxygens (including phenoxy) is 1. The summed E-state index contributed by atoms with van der Waals surface area (Å²) in [5.41, 5.74) is 2.29. The van der Waals surface area contributed by atoms with Gasteiger partial charge in [-0.25, -0.2) is 4.98 Å². The molecule has 160 valence electrons. The van der Waals surface area contributed by atoms with Crippen LogP contribution in [0.1, 0.15) is 90.4 Å². The molecule has 2 unspecified atom stereocenters. The zero-order chi connectivity index (χ0) is 21.2. The standard InChI is InChI=1S/C25H39N3O/c1-7-21(8-2)29-22-14-15-23(26-17-22)19(5)12-13-20(6)24-10-9-11-25(28-24)27-16-18(3)4/h9-11,14-15,17-21H,7-8,12-13,16H2,1-6H3,(H,27,28). The van der Waals surface area contributed by atoms with Crippen molar-refractivity contribution in [1.29, 1.82) is 0 Å². The van der Waals surface area contributed by atoms with Gasteiger partial charge in [0.25, 0.3) is 0 Å². The Balaban J connectivity index is 1.88. The van der Waals surface area contributed by atoms with Crippen molar-refractivity contribution in [3.63, 3.8) is 0 Å². The minimum atomic E-state index is 0.277. The van der Waals surface area contributed by atoms with Crippen LogP contribution in [0.3, 0.4) is 0 Å². The lowest BCUT2D eigenvalue weighted by molar-refractivity contribution is 0.192. The topological polar surface area (TPSA) is 47.0 Å². The molecule has 2 aromatic heterocycles. The maximum atomic E-state index is 5.97. The lowest BCUT2D eigenvalue weighted by Gasteiger charge is -2.18. The molecule has 0 bridgehead atoms. The van der Waals surface area contributed by atoms with E-state index < -0.39 is 0 Å². The molecule has 2 heterocycles. The minimum Gasteiger partial charge on any atom is -0.489 e. The molecule has 4 nitrogen and oxygen atoms in total. The number of hydrogen-bond donors (Lipinski definition) is 1. The molecule has 0 aromatic carbocycles. The van der Waals surface area contributed by atoms with Crippen LogP contribution in [0, 0.1) is 5.92 Å². The molecular formula is C25H39N3O. The molecular weight excluding hydrogens is 358 g/mol. The Kier molecular flexibility index (Phi) is 9.43. The van der Waals surface area contributed by atoms with Crippen LogP contribution in [0.15, 0.2) is 36.5 Å². The summed E-state index contributed by atoms with van der Waals surface area (Å²) in [4.78, 5) is 9.46. The van der Waals surface area contributed by atoms with Gasteiger partial charge in [0.05, 0.1) is 12.3 Å². The van der Waals surface area contributed by atoms with Crippen molar-refractivity contribution in [3.8, 4) is 5.75 Å². The average molecular weight is 398 g/mol. The highest BCUT2D eigenvalue weighted by atomic mass is 16.5. The highest BCUT2D eigenvalue weighted by Gasteiger charge is 2.13. The van der Waals surface area contributed by atoms with Gasteiger partial charge in [-0.2, -0.15) is 0 Å². The molecule has 1 N–H and O–H groups in total. The van der Waals surface area contributed by atoms with Gasteiger partial charge >= 0.3 is 0 Å². The summed E-state index contributed by atoms with van der Waals surface area (Å²) in [5.74, 6) is 3.30. The molecule has 0 saturated heterocycles. The quantitative estimate of drug-likeness (QED) is 0.428. The van der Waals surface area contributed by atoms with Crippen LogP contribution in [-0.4, -0.2) is 22.6 Å². The van der Waals surface area contributed by atoms with E-state index in [2.05, 4.69) is 82.2 Å². The second-order valence-corrected chi connectivity index (χ2v) is 8.58. The minimum absolute atomic E-state index is 0.277. The maximum Gasteiger partial charge on any atom is 0.138 e. The zero-order valence-electron chi connectivity index (χ0n) is 19.1. The smallest absolute Gasteiger partial charge is 0.138 e. The molecule has 0 spiro atoms. The van der Waals surface area contributed by atoms with E-state index in [1.54, 1.807) is 0 Å². The van der Waals surface area contributed by atoms with Crippen LogP contribution in [0.5, 0.6) is 5.75 Å². The molecule has 2 aromatic rings. The Hall–Kier alpha value is -2.10. The molecule has 2 atom stereocenters. The molecule has 0 saturated carbocycles. The lowest BCUT2D eigenvalue weighted by Crippen LogP contribution is -2.13. The SMILES string of the molecule is CCC(CC)Oc1ccc(C(C)CCC(C)c2cccc(NCC(C)C)n2)nc1. The fourth-order valence-electron chi connectivity index (χ4n) is 3.33. The predicted molar refractivity (Wildman–Crippen MR) is 123 cm³/mol. The van der Waals surface area contributed by atoms with Gasteiger partial charge in [-0.05, 0) is 67.7 Å². The summed E-state index contributed by atoms with van der Waals surface area (Å²) in [6.07, 6.45) is 6.38. The molecule has 0 aliphatic heterocycles. The summed E-state index contributed by atoms with van der Waals surface area (Å²) < 4.78 is 5.97. The van der Waals surface area contributed by atoms with Gasteiger partial charge in [0.1, 0.15) is 11.6 Å². The first-order valence-electron chi connectivity index (χ1n) is 11.3. The van der Waals surface area contributed by atoms with Crippen molar-refractivity contribution >= 4 is 5.82 Å². The lowest BCUT2D eigenvalue weighted by atomic mass is 9.93. The largest absolute Gasteiger partial charge is 0.489 e. The van der Waals surface area contributed by atoms with E-state index in [9.17, 15) is 0 Å². The van der Waals surface area contributed by atoms with E-state index in [1.807, 2.05) is 6.20 Å². The first kappa shape index (κ1) is 23.2. The van der Waals surface area contributed by atoms with Crippen LogP contribution >= 0.6 is 0 Å². The van der Waals surface area contributed by atoms with Crippen LogP contribution in [0.4, 0.5) is 5.82 Å². The first-order valence-corrected chi connectivity index (χ1v) is 11.3. The van der Waals surface area contributed by atoms with Crippen LogP contribution in [-0.2, 0) is 0 Å². The monoisotopic (exact) mass is 397 g/mol. The second kappa shape index (κ2) is 11.8. The normalized spacial score (nSPS) is 13.5. The summed E-state index contributed by atoms with van der Waals surface area (Å²) >= 11 is 0. The third-order valence-corrected chi connectivity index (χ3v) is 5.48. The molecule has 0 radical (unpaired) electrons. The van der Waals surface area contributed by atoms with Crippen molar-refractivity contribution in [3.05, 3.63) is 47.9 Å². The molecule has 0 amide bonds. The fraction of sp³-hybridized carbons (Fsp3) is 0.600. The maximum absolute atomic E-state index is 5.97. The van der Waals surface area contributed by atoms with Gasteiger partial charge in [-0.15, -0.1) is 0 Å². The molecule has 0 aliphatic carbocycles. The Morgan fingerprint density at radius 1 is 0.897 bits per heavy atom. The fourth-order valence-corrected chi connectivity index (χ4v) is 3.33. The number of anilines is 1. The second-order valence-electron chi connectivity index (χ2n) is 8.58. The summed E-state index contributed by atoms with van der Waals surface area (Å²) in [6, 6.07) is 10.5. The third-order valence-electron chi connectivity index (χ3n) is 5.48. The Bertz CT molecular complexity index is 710. The molecule has 2 rings (SSSR count). The van der Waals surface area contributed by atoms with E-state index in [0.29, 0.717) is 17.8 Å². The highest BCUT2D eigenvalue weighted by Crippen LogP contribution is 2.27. The van der Waals surface area contributed by atoms with Crippen LogP contribution in [0.2, 0.25) is 0 Å². The van der Waals surface area contributed by atoms with Crippen molar-refractivity contribution < 1.29 is 4.74 Å². The number of rotatable bonds is 12. The molecule has 0 fully saturated rings. The summed E-state index contributed by atoms with van der Waals surface area (Å²) in [5, 5.41) is 3.42. The Labute approximate surface area is 177 Å². The van der Waals surface area contributed by atoms with E-state index in [0.717, 1.165) is 55.2 Å². The summed E-state index contributed by atoms with van der Waals surface area (Å²) in [7, 11) is 0. The number of pyridine rings is 2. The number of nitrogens with zero attached hydrogens (tertiary/aromatic N) is 2. The van der Waals surface area contributed by atoms with E-state index >= 15 is 0 Å². The highest BCUT2D eigenvalue weighted by molar-refractivity contribution is 5.36. The third kappa shape index (κ3) is 7.68. The van der Waals surface area contributed by atoms with Crippen molar-refractivity contribution in [1.82, 2.24) is 9.97 Å². The van der Waals surface area contributed by atoms with Crippen LogP contribution < -0.4 is 10.1 Å². The van der Waals surface area contributed by atoms with Gasteiger partial charge in [0.2, 0.25) is 0 Å².